The molecule has 9 heteroatoms. The van der Waals surface area contributed by atoms with Gasteiger partial charge in [-0.05, 0) is 31.0 Å². The number of nitrogens with zero attached hydrogens (tertiary/aromatic N) is 3. The molecule has 0 amide bonds. The molecule has 3 rings (SSSR count). The Bertz CT molecular complexity index is 960. The van der Waals surface area contributed by atoms with Crippen LogP contribution in [0.5, 0.6) is 0 Å². The molecular formula is C19H24N4O4S. The normalized spacial score (nSPS) is 16.0. The smallest absolute Gasteiger partial charge is 0.293 e. The van der Waals surface area contributed by atoms with E-state index in [2.05, 4.69) is 36.1 Å². The first kappa shape index (κ1) is 20.2. The maximum Gasteiger partial charge on any atom is 0.293 e. The summed E-state index contributed by atoms with van der Waals surface area (Å²) in [6.45, 7) is 5.85. The largest absolute Gasteiger partial charge is 0.365 e. The van der Waals surface area contributed by atoms with Crippen LogP contribution in [0.2, 0.25) is 0 Å². The van der Waals surface area contributed by atoms with E-state index in [1.165, 1.54) is 23.3 Å². The molecule has 1 saturated heterocycles. The fraction of sp³-hybridized carbons (Fsp3) is 0.368. The summed E-state index contributed by atoms with van der Waals surface area (Å²) >= 11 is 0. The van der Waals surface area contributed by atoms with E-state index in [0.29, 0.717) is 18.8 Å². The third kappa shape index (κ3) is 4.86. The van der Waals surface area contributed by atoms with Gasteiger partial charge < -0.3 is 4.90 Å². The minimum Gasteiger partial charge on any atom is -0.365 e. The van der Waals surface area contributed by atoms with Crippen LogP contribution in [0.3, 0.4) is 0 Å². The number of sulfonamides is 1. The van der Waals surface area contributed by atoms with Crippen LogP contribution >= 0.6 is 0 Å². The zero-order valence-electron chi connectivity index (χ0n) is 15.7. The average Bonchev–Trinajstić information content (AvgIpc) is 2.88. The molecule has 1 fully saturated rings. The highest BCUT2D eigenvalue weighted by atomic mass is 32.2. The number of aryl methyl sites for hydroxylation is 1. The lowest BCUT2D eigenvalue weighted by Gasteiger charge is -2.23. The van der Waals surface area contributed by atoms with Crippen LogP contribution < -0.4 is 10.0 Å². The molecule has 150 valence electrons. The zero-order chi connectivity index (χ0) is 20.3. The first-order valence-electron chi connectivity index (χ1n) is 9.08. The lowest BCUT2D eigenvalue weighted by atomic mass is 10.1. The number of hydrogen-bond donors (Lipinski definition) is 1. The molecule has 0 aromatic heterocycles. The van der Waals surface area contributed by atoms with Gasteiger partial charge in [-0.2, -0.15) is 0 Å². The molecule has 1 heterocycles. The number of nitro benzene ring substituents is 1. The van der Waals surface area contributed by atoms with Crippen molar-refractivity contribution in [2.45, 2.75) is 24.8 Å². The minimum absolute atomic E-state index is 0.237. The number of anilines is 1. The number of nitro groups is 1. The number of benzene rings is 2. The zero-order valence-corrected chi connectivity index (χ0v) is 16.6. The van der Waals surface area contributed by atoms with Crippen molar-refractivity contribution in [2.24, 2.45) is 5.14 Å². The highest BCUT2D eigenvalue weighted by Gasteiger charge is 2.24. The van der Waals surface area contributed by atoms with Crippen molar-refractivity contribution < 1.29 is 13.3 Å². The monoisotopic (exact) mass is 404 g/mol. The summed E-state index contributed by atoms with van der Waals surface area (Å²) in [4.78, 5) is 15.0. The van der Waals surface area contributed by atoms with Gasteiger partial charge in [0.05, 0.1) is 9.82 Å². The van der Waals surface area contributed by atoms with Crippen molar-refractivity contribution in [1.29, 1.82) is 0 Å². The standard InChI is InChI=1S/C19H24N4O4S/c1-15-3-5-16(6-4-15)14-21-9-2-10-22(12-11-21)18-8-7-17(28(20,26)27)13-19(18)23(24)25/h3-8,13H,2,9-12,14H2,1H3,(H2,20,26,27). The molecule has 2 aromatic carbocycles. The summed E-state index contributed by atoms with van der Waals surface area (Å²) in [7, 11) is -3.99. The van der Waals surface area contributed by atoms with Crippen LogP contribution in [0.4, 0.5) is 11.4 Å². The molecule has 0 aliphatic carbocycles. The summed E-state index contributed by atoms with van der Waals surface area (Å²) in [5, 5.41) is 16.6. The first-order valence-corrected chi connectivity index (χ1v) is 10.6. The van der Waals surface area contributed by atoms with Gasteiger partial charge in [-0.1, -0.05) is 29.8 Å². The number of primary sulfonamides is 1. The maximum absolute atomic E-state index is 11.5. The van der Waals surface area contributed by atoms with E-state index in [4.69, 9.17) is 5.14 Å². The molecule has 0 radical (unpaired) electrons. The Kier molecular flexibility index (Phi) is 5.97. The predicted molar refractivity (Wildman–Crippen MR) is 108 cm³/mol. The van der Waals surface area contributed by atoms with Gasteiger partial charge in [-0.3, -0.25) is 15.0 Å². The molecule has 0 saturated carbocycles. The number of rotatable bonds is 5. The van der Waals surface area contributed by atoms with E-state index in [9.17, 15) is 18.5 Å². The summed E-state index contributed by atoms with van der Waals surface area (Å²) in [6.07, 6.45) is 0.861. The second-order valence-electron chi connectivity index (χ2n) is 7.05. The van der Waals surface area contributed by atoms with Crippen molar-refractivity contribution in [3.05, 3.63) is 63.7 Å². The first-order chi connectivity index (χ1) is 13.2. The number of hydrogen-bond acceptors (Lipinski definition) is 6. The van der Waals surface area contributed by atoms with Crippen LogP contribution in [-0.2, 0) is 16.6 Å². The fourth-order valence-corrected chi connectivity index (χ4v) is 3.95. The number of nitrogens with two attached hydrogens (primary N) is 1. The predicted octanol–water partition coefficient (Wildman–Crippen LogP) is 2.26. The van der Waals surface area contributed by atoms with Crippen LogP contribution in [-0.4, -0.2) is 44.4 Å². The van der Waals surface area contributed by atoms with Crippen molar-refractivity contribution in [2.75, 3.05) is 31.1 Å². The summed E-state index contributed by atoms with van der Waals surface area (Å²) in [6, 6.07) is 12.3. The minimum atomic E-state index is -3.99. The SMILES string of the molecule is Cc1ccc(CN2CCCN(c3ccc(S(N)(=O)=O)cc3[N+](=O)[O-])CC2)cc1. The molecule has 28 heavy (non-hydrogen) atoms. The van der Waals surface area contributed by atoms with E-state index in [1.54, 1.807) is 0 Å². The molecule has 0 bridgehead atoms. The second kappa shape index (κ2) is 8.26. The van der Waals surface area contributed by atoms with Crippen molar-refractivity contribution in [3.8, 4) is 0 Å². The third-order valence-electron chi connectivity index (χ3n) is 4.93. The van der Waals surface area contributed by atoms with Gasteiger partial charge in [0.15, 0.2) is 0 Å². The fourth-order valence-electron chi connectivity index (χ4n) is 3.42. The van der Waals surface area contributed by atoms with Crippen LogP contribution in [0, 0.1) is 17.0 Å². The van der Waals surface area contributed by atoms with Crippen LogP contribution in [0.1, 0.15) is 17.5 Å². The quantitative estimate of drug-likeness (QED) is 0.605. The molecule has 1 aliphatic rings. The molecule has 1 aliphatic heterocycles. The highest BCUT2D eigenvalue weighted by Crippen LogP contribution is 2.31. The topological polar surface area (TPSA) is 110 Å². The Morgan fingerprint density at radius 2 is 1.79 bits per heavy atom. The van der Waals surface area contributed by atoms with Crippen molar-refractivity contribution >= 4 is 21.4 Å². The molecule has 0 unspecified atom stereocenters. The highest BCUT2D eigenvalue weighted by molar-refractivity contribution is 7.89. The van der Waals surface area contributed by atoms with Gasteiger partial charge in [0, 0.05) is 38.8 Å². The Labute approximate surface area is 164 Å². The molecule has 2 N–H and O–H groups in total. The van der Waals surface area contributed by atoms with Gasteiger partial charge in [0.2, 0.25) is 10.0 Å². The lowest BCUT2D eigenvalue weighted by molar-refractivity contribution is -0.384. The summed E-state index contributed by atoms with van der Waals surface area (Å²) < 4.78 is 23.0. The molecule has 0 spiro atoms. The van der Waals surface area contributed by atoms with Crippen LogP contribution in [0.25, 0.3) is 0 Å². The van der Waals surface area contributed by atoms with Crippen LogP contribution in [0.15, 0.2) is 47.4 Å². The van der Waals surface area contributed by atoms with Crippen molar-refractivity contribution in [3.63, 3.8) is 0 Å². The molecule has 0 atom stereocenters. The van der Waals surface area contributed by atoms with E-state index < -0.39 is 14.9 Å². The Morgan fingerprint density at radius 1 is 1.07 bits per heavy atom. The van der Waals surface area contributed by atoms with Crippen molar-refractivity contribution in [1.82, 2.24) is 4.90 Å². The Hall–Kier alpha value is -2.49. The maximum atomic E-state index is 11.5. The summed E-state index contributed by atoms with van der Waals surface area (Å²) in [5.74, 6) is 0. The third-order valence-corrected chi connectivity index (χ3v) is 5.84. The van der Waals surface area contributed by atoms with Gasteiger partial charge in [-0.25, -0.2) is 13.6 Å². The van der Waals surface area contributed by atoms with E-state index in [-0.39, 0.29) is 10.6 Å². The van der Waals surface area contributed by atoms with E-state index in [0.717, 1.165) is 32.1 Å². The Balaban J connectivity index is 1.76. The second-order valence-corrected chi connectivity index (χ2v) is 8.62. The van der Waals surface area contributed by atoms with Gasteiger partial charge in [0.1, 0.15) is 5.69 Å². The molecule has 8 nitrogen and oxygen atoms in total. The van der Waals surface area contributed by atoms with E-state index >= 15 is 0 Å². The summed E-state index contributed by atoms with van der Waals surface area (Å²) in [5.41, 5.74) is 2.65. The van der Waals surface area contributed by atoms with E-state index in [1.807, 2.05) is 4.90 Å². The lowest BCUT2D eigenvalue weighted by Crippen LogP contribution is -2.31. The molecule has 2 aromatic rings. The average molecular weight is 404 g/mol. The van der Waals surface area contributed by atoms with Gasteiger partial charge in [-0.15, -0.1) is 0 Å². The van der Waals surface area contributed by atoms with Gasteiger partial charge in [0.25, 0.3) is 5.69 Å². The van der Waals surface area contributed by atoms with Gasteiger partial charge >= 0.3 is 0 Å². The Morgan fingerprint density at radius 3 is 2.43 bits per heavy atom. The molecular weight excluding hydrogens is 380 g/mol.